The highest BCUT2D eigenvalue weighted by molar-refractivity contribution is 14.0. The smallest absolute Gasteiger partial charge is 0.193 e. The van der Waals surface area contributed by atoms with E-state index < -0.39 is 0 Å². The zero-order valence-electron chi connectivity index (χ0n) is 14.8. The van der Waals surface area contributed by atoms with Gasteiger partial charge in [0.25, 0.3) is 0 Å². The van der Waals surface area contributed by atoms with Gasteiger partial charge in [0.15, 0.2) is 5.96 Å². The fourth-order valence-electron chi connectivity index (χ4n) is 2.18. The van der Waals surface area contributed by atoms with Gasteiger partial charge in [0, 0.05) is 27.2 Å². The van der Waals surface area contributed by atoms with Crippen LogP contribution in [0.1, 0.15) is 12.7 Å². The van der Waals surface area contributed by atoms with Crippen molar-refractivity contribution < 1.29 is 9.13 Å². The quantitative estimate of drug-likeness (QED) is 0.405. The van der Waals surface area contributed by atoms with Gasteiger partial charge in [-0.2, -0.15) is 5.10 Å². The van der Waals surface area contributed by atoms with Crippen molar-refractivity contribution in [2.75, 3.05) is 20.6 Å². The topological polar surface area (TPSA) is 67.6 Å². The van der Waals surface area contributed by atoms with Crippen LogP contribution in [-0.4, -0.2) is 52.4 Å². The van der Waals surface area contributed by atoms with Crippen LogP contribution in [0.5, 0.6) is 5.75 Å². The van der Waals surface area contributed by atoms with Gasteiger partial charge >= 0.3 is 0 Å². The Labute approximate surface area is 164 Å². The molecular weight excluding hydrogens is 438 g/mol. The Balaban J connectivity index is 0.00000312. The lowest BCUT2D eigenvalue weighted by atomic mass is 10.3. The molecule has 7 nitrogen and oxygen atoms in total. The average Bonchev–Trinajstić information content (AvgIpc) is 2.93. The lowest BCUT2D eigenvalue weighted by molar-refractivity contribution is 0.221. The fourth-order valence-corrected chi connectivity index (χ4v) is 2.18. The summed E-state index contributed by atoms with van der Waals surface area (Å²) in [5, 5.41) is 7.29. The number of ether oxygens (including phenoxy) is 1. The number of nitrogens with one attached hydrogen (secondary N) is 1. The van der Waals surface area contributed by atoms with E-state index in [-0.39, 0.29) is 35.9 Å². The molecule has 0 fully saturated rings. The third-order valence-electron chi connectivity index (χ3n) is 3.44. The van der Waals surface area contributed by atoms with Gasteiger partial charge < -0.3 is 15.0 Å². The summed E-state index contributed by atoms with van der Waals surface area (Å²) in [5.41, 5.74) is 0. The second kappa shape index (κ2) is 10.2. The predicted octanol–water partition coefficient (Wildman–Crippen LogP) is 2.05. The molecule has 1 heterocycles. The monoisotopic (exact) mass is 462 g/mol. The summed E-state index contributed by atoms with van der Waals surface area (Å²) < 4.78 is 20.6. The van der Waals surface area contributed by atoms with Crippen molar-refractivity contribution >= 4 is 29.9 Å². The molecule has 0 spiro atoms. The summed E-state index contributed by atoms with van der Waals surface area (Å²) in [6, 6.07) is 6.11. The van der Waals surface area contributed by atoms with Crippen molar-refractivity contribution in [1.82, 2.24) is 25.0 Å². The normalized spacial score (nSPS) is 12.3. The number of guanidine groups is 1. The fraction of sp³-hybridized carbons (Fsp3) is 0.438. The van der Waals surface area contributed by atoms with Gasteiger partial charge in [-0.05, 0) is 19.1 Å². The van der Waals surface area contributed by atoms with Crippen LogP contribution < -0.4 is 10.1 Å². The molecule has 1 aromatic heterocycles. The summed E-state index contributed by atoms with van der Waals surface area (Å²) in [6.07, 6.45) is 1.38. The highest BCUT2D eigenvalue weighted by Gasteiger charge is 2.12. The molecule has 0 saturated carbocycles. The number of nitrogens with zero attached hydrogens (tertiary/aromatic N) is 5. The molecule has 1 aromatic carbocycles. The van der Waals surface area contributed by atoms with Crippen LogP contribution in [0.15, 0.2) is 35.6 Å². The molecule has 0 aliphatic heterocycles. The Morgan fingerprint density at radius 1 is 1.48 bits per heavy atom. The molecule has 0 aliphatic carbocycles. The van der Waals surface area contributed by atoms with Crippen molar-refractivity contribution in [2.45, 2.75) is 19.6 Å². The summed E-state index contributed by atoms with van der Waals surface area (Å²) in [7, 11) is 5.48. The Hall–Kier alpha value is -1.91. The molecule has 9 heteroatoms. The minimum absolute atomic E-state index is 0. The number of rotatable bonds is 6. The molecule has 0 amide bonds. The summed E-state index contributed by atoms with van der Waals surface area (Å²) >= 11 is 0. The van der Waals surface area contributed by atoms with Gasteiger partial charge in [0.05, 0.1) is 13.1 Å². The van der Waals surface area contributed by atoms with E-state index in [1.165, 1.54) is 18.5 Å². The molecule has 138 valence electrons. The molecule has 0 radical (unpaired) electrons. The average molecular weight is 462 g/mol. The largest absolute Gasteiger partial charge is 0.489 e. The lowest BCUT2D eigenvalue weighted by Gasteiger charge is -2.23. The van der Waals surface area contributed by atoms with Crippen LogP contribution in [0.25, 0.3) is 0 Å². The van der Waals surface area contributed by atoms with Gasteiger partial charge in [-0.25, -0.2) is 9.37 Å². The Morgan fingerprint density at radius 3 is 2.84 bits per heavy atom. The highest BCUT2D eigenvalue weighted by atomic mass is 127. The van der Waals surface area contributed by atoms with Gasteiger partial charge in [-0.15, -0.1) is 24.0 Å². The lowest BCUT2D eigenvalue weighted by Crippen LogP contribution is -2.42. The number of benzene rings is 1. The van der Waals surface area contributed by atoms with Crippen LogP contribution in [0, 0.1) is 5.82 Å². The van der Waals surface area contributed by atoms with Crippen LogP contribution >= 0.6 is 24.0 Å². The first kappa shape index (κ1) is 21.1. The minimum Gasteiger partial charge on any atom is -0.489 e. The number of aryl methyl sites for hydroxylation is 1. The van der Waals surface area contributed by atoms with E-state index in [0.717, 1.165) is 5.82 Å². The van der Waals surface area contributed by atoms with Crippen LogP contribution in [0.3, 0.4) is 0 Å². The van der Waals surface area contributed by atoms with E-state index in [9.17, 15) is 4.39 Å². The van der Waals surface area contributed by atoms with Gasteiger partial charge in [0.2, 0.25) is 0 Å². The Kier molecular flexibility index (Phi) is 8.59. The third-order valence-corrected chi connectivity index (χ3v) is 3.44. The van der Waals surface area contributed by atoms with Crippen LogP contribution in [0.2, 0.25) is 0 Å². The predicted molar refractivity (Wildman–Crippen MR) is 106 cm³/mol. The van der Waals surface area contributed by atoms with E-state index in [1.54, 1.807) is 23.9 Å². The van der Waals surface area contributed by atoms with E-state index >= 15 is 0 Å². The number of halogens is 2. The first-order valence-electron chi connectivity index (χ1n) is 7.66. The molecule has 1 unspecified atom stereocenters. The maximum Gasteiger partial charge on any atom is 0.193 e. The zero-order chi connectivity index (χ0) is 17.5. The van der Waals surface area contributed by atoms with E-state index in [2.05, 4.69) is 20.4 Å². The van der Waals surface area contributed by atoms with Crippen molar-refractivity contribution in [1.29, 1.82) is 0 Å². The van der Waals surface area contributed by atoms with Crippen molar-refractivity contribution in [2.24, 2.45) is 12.0 Å². The summed E-state index contributed by atoms with van der Waals surface area (Å²) in [6.45, 7) is 3.02. The maximum atomic E-state index is 13.2. The number of aromatic nitrogens is 3. The molecule has 0 aliphatic rings. The zero-order valence-corrected chi connectivity index (χ0v) is 17.1. The molecule has 1 atom stereocenters. The van der Waals surface area contributed by atoms with Gasteiger partial charge in [0.1, 0.15) is 29.8 Å². The first-order chi connectivity index (χ1) is 11.5. The molecular formula is C16H24FIN6O. The van der Waals surface area contributed by atoms with Gasteiger partial charge in [-0.3, -0.25) is 9.67 Å². The Morgan fingerprint density at radius 2 is 2.24 bits per heavy atom. The first-order valence-corrected chi connectivity index (χ1v) is 7.66. The molecule has 1 N–H and O–H groups in total. The van der Waals surface area contributed by atoms with Crippen molar-refractivity contribution in [3.8, 4) is 5.75 Å². The molecule has 0 bridgehead atoms. The van der Waals surface area contributed by atoms with Gasteiger partial charge in [-0.1, -0.05) is 6.07 Å². The number of hydrogen-bond donors (Lipinski definition) is 1. The SMILES string of the molecule is CN=C(NCC(C)Oc1cccc(F)c1)N(C)Cc1ncnn1C.I. The Bertz CT molecular complexity index is 693. The summed E-state index contributed by atoms with van der Waals surface area (Å²) in [5.74, 6) is 1.75. The number of aliphatic imine (C=N–C) groups is 1. The standard InChI is InChI=1S/C16H23FN6O.HI/c1-12(24-14-7-5-6-13(17)8-14)9-19-16(18-2)22(3)10-15-20-11-21-23(15)4;/h5-8,11-12H,9-10H2,1-4H3,(H,18,19);1H. The minimum atomic E-state index is -0.313. The maximum absolute atomic E-state index is 13.2. The van der Waals surface area contributed by atoms with E-state index in [0.29, 0.717) is 24.8 Å². The van der Waals surface area contributed by atoms with E-state index in [4.69, 9.17) is 4.74 Å². The second-order valence-corrected chi connectivity index (χ2v) is 5.47. The molecule has 2 rings (SSSR count). The molecule has 25 heavy (non-hydrogen) atoms. The molecule has 2 aromatic rings. The van der Waals surface area contributed by atoms with Crippen molar-refractivity contribution in [3.63, 3.8) is 0 Å². The third kappa shape index (κ3) is 6.48. The van der Waals surface area contributed by atoms with Crippen LogP contribution in [0.4, 0.5) is 4.39 Å². The number of hydrogen-bond acceptors (Lipinski definition) is 4. The highest BCUT2D eigenvalue weighted by Crippen LogP contribution is 2.13. The second-order valence-electron chi connectivity index (χ2n) is 5.47. The molecule has 0 saturated heterocycles. The van der Waals surface area contributed by atoms with Crippen LogP contribution in [-0.2, 0) is 13.6 Å². The van der Waals surface area contributed by atoms with E-state index in [1.807, 2.05) is 25.9 Å². The summed E-state index contributed by atoms with van der Waals surface area (Å²) in [4.78, 5) is 10.4. The van der Waals surface area contributed by atoms with Crippen molar-refractivity contribution in [3.05, 3.63) is 42.2 Å².